The van der Waals surface area contributed by atoms with Gasteiger partial charge in [-0.2, -0.15) is 0 Å². The van der Waals surface area contributed by atoms with Crippen molar-refractivity contribution in [1.82, 2.24) is 10.2 Å². The summed E-state index contributed by atoms with van der Waals surface area (Å²) in [6, 6.07) is 19.9. The van der Waals surface area contributed by atoms with E-state index in [-0.39, 0.29) is 26.0 Å². The van der Waals surface area contributed by atoms with Gasteiger partial charge in [-0.25, -0.2) is 9.59 Å². The maximum absolute atomic E-state index is 13.5. The van der Waals surface area contributed by atoms with Crippen molar-refractivity contribution in [2.75, 3.05) is 7.11 Å². The molecule has 0 radical (unpaired) electrons. The molecule has 1 heterocycles. The van der Waals surface area contributed by atoms with E-state index in [9.17, 15) is 14.4 Å². The monoisotopic (exact) mass is 540 g/mol. The minimum absolute atomic E-state index is 0.0754. The third-order valence-electron chi connectivity index (χ3n) is 6.23. The normalized spacial score (nSPS) is 15.3. The molecule has 4 rings (SSSR count). The predicted molar refractivity (Wildman–Crippen MR) is 140 cm³/mol. The number of amides is 2. The Labute approximate surface area is 225 Å². The fourth-order valence-electron chi connectivity index (χ4n) is 4.26. The Morgan fingerprint density at radius 3 is 2.41 bits per heavy atom. The zero-order valence-corrected chi connectivity index (χ0v) is 21.7. The number of rotatable bonds is 7. The van der Waals surface area contributed by atoms with Gasteiger partial charge < -0.3 is 14.8 Å². The Balaban J connectivity index is 1.54. The fourth-order valence-corrected chi connectivity index (χ4v) is 4.75. The molecule has 7 nitrogen and oxygen atoms in total. The molecule has 2 atom stereocenters. The van der Waals surface area contributed by atoms with Gasteiger partial charge in [-0.05, 0) is 34.4 Å². The quantitative estimate of drug-likeness (QED) is 0.428. The molecule has 0 saturated carbocycles. The first-order valence-corrected chi connectivity index (χ1v) is 12.5. The second kappa shape index (κ2) is 12.1. The molecule has 1 aliphatic heterocycles. The minimum atomic E-state index is -1.02. The highest BCUT2D eigenvalue weighted by atomic mass is 35.5. The zero-order valence-electron chi connectivity index (χ0n) is 20.2. The summed E-state index contributed by atoms with van der Waals surface area (Å²) in [5, 5.41) is 3.59. The lowest BCUT2D eigenvalue weighted by atomic mass is 9.93. The fraction of sp³-hybridized carbons (Fsp3) is 0.250. The summed E-state index contributed by atoms with van der Waals surface area (Å²) in [6.07, 6.45) is -0.248. The van der Waals surface area contributed by atoms with Crippen LogP contribution in [0.25, 0.3) is 0 Å². The number of hydrogen-bond acceptors (Lipinski definition) is 5. The Hall–Kier alpha value is -3.55. The van der Waals surface area contributed by atoms with Crippen LogP contribution in [0.3, 0.4) is 0 Å². The minimum Gasteiger partial charge on any atom is -0.467 e. The number of esters is 1. The van der Waals surface area contributed by atoms with Crippen LogP contribution in [0, 0.1) is 0 Å². The van der Waals surface area contributed by atoms with Crippen LogP contribution < -0.4 is 5.32 Å². The van der Waals surface area contributed by atoms with Crippen molar-refractivity contribution in [1.29, 1.82) is 0 Å². The van der Waals surface area contributed by atoms with E-state index in [2.05, 4.69) is 5.32 Å². The summed E-state index contributed by atoms with van der Waals surface area (Å²) in [5.41, 5.74) is 3.33. The summed E-state index contributed by atoms with van der Waals surface area (Å²) >= 11 is 12.3. The molecule has 0 unspecified atom stereocenters. The maximum Gasteiger partial charge on any atom is 0.411 e. The summed E-state index contributed by atoms with van der Waals surface area (Å²) in [5.74, 6) is -1.12. The van der Waals surface area contributed by atoms with Crippen LogP contribution in [0.5, 0.6) is 0 Å². The number of nitrogens with zero attached hydrogens (tertiary/aromatic N) is 1. The van der Waals surface area contributed by atoms with Gasteiger partial charge in [0, 0.05) is 22.9 Å². The SMILES string of the molecule is COC(=O)[C@H](Cc1ccc(Cl)cc1Cl)NC(=O)[C@@H]1Cc2ccccc2CN1C(=O)OCc1ccccc1. The number of carbonyl (C=O) groups excluding carboxylic acids is 3. The lowest BCUT2D eigenvalue weighted by Crippen LogP contribution is -2.56. The largest absolute Gasteiger partial charge is 0.467 e. The number of hydrogen-bond donors (Lipinski definition) is 1. The molecule has 192 valence electrons. The number of carbonyl (C=O) groups is 3. The first kappa shape index (κ1) is 26.5. The van der Waals surface area contributed by atoms with E-state index in [0.717, 1.165) is 16.7 Å². The first-order chi connectivity index (χ1) is 17.9. The molecule has 0 fully saturated rings. The van der Waals surface area contributed by atoms with E-state index < -0.39 is 30.1 Å². The first-order valence-electron chi connectivity index (χ1n) is 11.7. The van der Waals surface area contributed by atoms with Crippen LogP contribution in [0.1, 0.15) is 22.3 Å². The van der Waals surface area contributed by atoms with E-state index in [1.165, 1.54) is 12.0 Å². The Bertz CT molecular complexity index is 1280. The molecule has 37 heavy (non-hydrogen) atoms. The highest BCUT2D eigenvalue weighted by Crippen LogP contribution is 2.26. The number of ether oxygens (including phenoxy) is 2. The average molecular weight is 541 g/mol. The summed E-state index contributed by atoms with van der Waals surface area (Å²) < 4.78 is 10.5. The summed E-state index contributed by atoms with van der Waals surface area (Å²) in [7, 11) is 1.25. The van der Waals surface area contributed by atoms with Gasteiger partial charge in [0.1, 0.15) is 18.7 Å². The van der Waals surface area contributed by atoms with Gasteiger partial charge in [0.15, 0.2) is 0 Å². The number of nitrogens with one attached hydrogen (secondary N) is 1. The van der Waals surface area contributed by atoms with E-state index in [1.54, 1.807) is 18.2 Å². The van der Waals surface area contributed by atoms with Gasteiger partial charge in [-0.3, -0.25) is 9.69 Å². The van der Waals surface area contributed by atoms with Gasteiger partial charge in [0.25, 0.3) is 0 Å². The van der Waals surface area contributed by atoms with E-state index in [4.69, 9.17) is 32.7 Å². The molecule has 0 bridgehead atoms. The van der Waals surface area contributed by atoms with Gasteiger partial charge in [-0.15, -0.1) is 0 Å². The van der Waals surface area contributed by atoms with Crippen LogP contribution in [0.15, 0.2) is 72.8 Å². The van der Waals surface area contributed by atoms with Crippen molar-refractivity contribution in [2.45, 2.75) is 38.1 Å². The van der Waals surface area contributed by atoms with Crippen molar-refractivity contribution in [2.24, 2.45) is 0 Å². The smallest absolute Gasteiger partial charge is 0.411 e. The Kier molecular flexibility index (Phi) is 8.69. The lowest BCUT2D eigenvalue weighted by Gasteiger charge is -2.35. The Morgan fingerprint density at radius 2 is 1.70 bits per heavy atom. The standard InChI is InChI=1S/C28H26Cl2N2O5/c1-36-27(34)24(13-20-11-12-22(29)15-23(20)30)31-26(33)25-14-19-9-5-6-10-21(19)16-32(25)28(35)37-17-18-7-3-2-4-8-18/h2-12,15,24-25H,13-14,16-17H2,1H3,(H,31,33)/t24-,25-/m0/s1. The molecule has 0 aromatic heterocycles. The van der Waals surface area contributed by atoms with Gasteiger partial charge >= 0.3 is 12.1 Å². The van der Waals surface area contributed by atoms with Gasteiger partial charge in [0.05, 0.1) is 13.7 Å². The molecular formula is C28H26Cl2N2O5. The average Bonchev–Trinajstić information content (AvgIpc) is 2.92. The van der Waals surface area contributed by atoms with Gasteiger partial charge in [0.2, 0.25) is 5.91 Å². The Morgan fingerprint density at radius 1 is 1.00 bits per heavy atom. The second-order valence-electron chi connectivity index (χ2n) is 8.68. The molecule has 3 aromatic carbocycles. The van der Waals surface area contributed by atoms with E-state index in [0.29, 0.717) is 15.6 Å². The molecular weight excluding hydrogens is 515 g/mol. The van der Waals surface area contributed by atoms with Crippen molar-refractivity contribution < 1.29 is 23.9 Å². The summed E-state index contributed by atoms with van der Waals surface area (Å²) in [4.78, 5) is 40.6. The lowest BCUT2D eigenvalue weighted by molar-refractivity contribution is -0.145. The van der Waals surface area contributed by atoms with Crippen molar-refractivity contribution >= 4 is 41.2 Å². The van der Waals surface area contributed by atoms with Crippen LogP contribution in [0.4, 0.5) is 4.79 Å². The molecule has 1 N–H and O–H groups in total. The van der Waals surface area contributed by atoms with E-state index in [1.807, 2.05) is 54.6 Å². The predicted octanol–water partition coefficient (Wildman–Crippen LogP) is 4.96. The maximum atomic E-state index is 13.5. The second-order valence-corrected chi connectivity index (χ2v) is 9.52. The number of benzene rings is 3. The molecule has 0 spiro atoms. The summed E-state index contributed by atoms with van der Waals surface area (Å²) in [6.45, 7) is 0.278. The van der Waals surface area contributed by atoms with Crippen molar-refractivity contribution in [3.8, 4) is 0 Å². The third kappa shape index (κ3) is 6.61. The molecule has 2 amide bonds. The van der Waals surface area contributed by atoms with E-state index >= 15 is 0 Å². The number of fused-ring (bicyclic) bond motifs is 1. The highest BCUT2D eigenvalue weighted by molar-refractivity contribution is 6.35. The zero-order chi connectivity index (χ0) is 26.4. The molecule has 1 aliphatic rings. The molecule has 0 aliphatic carbocycles. The highest BCUT2D eigenvalue weighted by Gasteiger charge is 2.37. The number of halogens is 2. The topological polar surface area (TPSA) is 84.9 Å². The molecule has 3 aromatic rings. The van der Waals surface area contributed by atoms with Crippen LogP contribution in [-0.2, 0) is 45.1 Å². The molecule has 9 heteroatoms. The van der Waals surface area contributed by atoms with Crippen LogP contribution in [0.2, 0.25) is 10.0 Å². The van der Waals surface area contributed by atoms with Crippen molar-refractivity contribution in [3.05, 3.63) is 105 Å². The van der Waals surface area contributed by atoms with Gasteiger partial charge in [-0.1, -0.05) is 83.9 Å². The van der Waals surface area contributed by atoms with Crippen molar-refractivity contribution in [3.63, 3.8) is 0 Å². The molecule has 0 saturated heterocycles. The van der Waals surface area contributed by atoms with Crippen LogP contribution >= 0.6 is 23.2 Å². The number of methoxy groups -OCH3 is 1. The third-order valence-corrected chi connectivity index (χ3v) is 6.82. The van der Waals surface area contributed by atoms with Crippen LogP contribution in [-0.4, -0.2) is 42.1 Å².